The van der Waals surface area contributed by atoms with Gasteiger partial charge in [-0.3, -0.25) is 4.79 Å². The Hall–Kier alpha value is -3.53. The number of fused-ring (bicyclic) bond motifs is 2. The van der Waals surface area contributed by atoms with Gasteiger partial charge in [0.2, 0.25) is 5.91 Å². The first-order chi connectivity index (χ1) is 17.0. The molecule has 0 radical (unpaired) electrons. The Kier molecular flexibility index (Phi) is 5.74. The van der Waals surface area contributed by atoms with Crippen LogP contribution in [0.2, 0.25) is 0 Å². The van der Waals surface area contributed by atoms with Crippen LogP contribution in [0.5, 0.6) is 0 Å². The third kappa shape index (κ3) is 3.89. The minimum atomic E-state index is -4.80. The first-order valence-corrected chi connectivity index (χ1v) is 11.6. The number of carbonyl (C=O) groups is 1. The van der Waals surface area contributed by atoms with Crippen molar-refractivity contribution >= 4 is 17.4 Å². The molecule has 1 spiro atoms. The van der Waals surface area contributed by atoms with Crippen LogP contribution in [0.15, 0.2) is 48.5 Å². The Morgan fingerprint density at radius 2 is 1.75 bits per heavy atom. The zero-order chi connectivity index (χ0) is 25.8. The molecule has 5 rings (SSSR count). The van der Waals surface area contributed by atoms with Crippen molar-refractivity contribution in [2.45, 2.75) is 38.0 Å². The summed E-state index contributed by atoms with van der Waals surface area (Å²) in [5.41, 5.74) is -0.273. The fourth-order valence-electron chi connectivity index (χ4n) is 5.21. The van der Waals surface area contributed by atoms with Crippen molar-refractivity contribution in [1.82, 2.24) is 14.9 Å². The van der Waals surface area contributed by atoms with Crippen LogP contribution in [0.1, 0.15) is 41.2 Å². The molecule has 2 aliphatic heterocycles. The van der Waals surface area contributed by atoms with E-state index in [9.17, 15) is 22.4 Å². The lowest BCUT2D eigenvalue weighted by Crippen LogP contribution is -2.68. The summed E-state index contributed by atoms with van der Waals surface area (Å²) in [5, 5.41) is 3.12. The van der Waals surface area contributed by atoms with E-state index in [2.05, 4.69) is 15.3 Å². The third-order valence-electron chi connectivity index (χ3n) is 6.84. The fourth-order valence-corrected chi connectivity index (χ4v) is 5.21. The average molecular weight is 500 g/mol. The number of alkyl halides is 3. The lowest BCUT2D eigenvalue weighted by atomic mass is 9.71. The maximum Gasteiger partial charge on any atom is 0.419 e. The number of hydrogen-bond donors (Lipinski definition) is 1. The van der Waals surface area contributed by atoms with Gasteiger partial charge in [0.25, 0.3) is 0 Å². The van der Waals surface area contributed by atoms with Crippen molar-refractivity contribution in [2.24, 2.45) is 0 Å². The molecule has 0 bridgehead atoms. The van der Waals surface area contributed by atoms with Crippen LogP contribution in [-0.4, -0.2) is 40.9 Å². The number of aryl methyl sites for hydroxylation is 1. The average Bonchev–Trinajstić information content (AvgIpc) is 2.80. The number of halogens is 4. The molecule has 1 fully saturated rings. The smallest absolute Gasteiger partial charge is 0.363 e. The van der Waals surface area contributed by atoms with Gasteiger partial charge in [0.15, 0.2) is 0 Å². The Balaban J connectivity index is 1.58. The second-order valence-electron chi connectivity index (χ2n) is 9.50. The second-order valence-corrected chi connectivity index (χ2v) is 9.50. The molecular formula is C26H25F4N5O. The van der Waals surface area contributed by atoms with Gasteiger partial charge in [0.05, 0.1) is 23.8 Å². The molecule has 188 valence electrons. The zero-order valence-electron chi connectivity index (χ0n) is 20.0. The SMILES string of the molecule is Cc1nc(N[C@H](C)c2cccc(C(F)(F)F)c2F)c2c(n1)C1(CN(C)C1)C(=O)N(c1ccccc1)C2. The third-order valence-corrected chi connectivity index (χ3v) is 6.84. The number of likely N-dealkylation sites (N-methyl/N-ethyl adjacent to an activating group) is 1. The molecule has 2 aromatic carbocycles. The summed E-state index contributed by atoms with van der Waals surface area (Å²) in [7, 11) is 1.92. The summed E-state index contributed by atoms with van der Waals surface area (Å²) in [5.74, 6) is -0.574. The van der Waals surface area contributed by atoms with Crippen molar-refractivity contribution in [3.05, 3.63) is 82.6 Å². The van der Waals surface area contributed by atoms with Gasteiger partial charge in [-0.2, -0.15) is 13.2 Å². The summed E-state index contributed by atoms with van der Waals surface area (Å²) in [6.45, 7) is 4.43. The van der Waals surface area contributed by atoms with Gasteiger partial charge in [0, 0.05) is 29.9 Å². The molecule has 0 saturated carbocycles. The summed E-state index contributed by atoms with van der Waals surface area (Å²) in [4.78, 5) is 26.7. The molecule has 36 heavy (non-hydrogen) atoms. The van der Waals surface area contributed by atoms with Crippen LogP contribution in [0.25, 0.3) is 0 Å². The molecule has 10 heteroatoms. The van der Waals surface area contributed by atoms with E-state index in [1.165, 1.54) is 12.1 Å². The van der Waals surface area contributed by atoms with Gasteiger partial charge in [-0.25, -0.2) is 14.4 Å². The predicted molar refractivity (Wildman–Crippen MR) is 127 cm³/mol. The molecule has 1 atom stereocenters. The molecule has 2 aliphatic rings. The number of benzene rings is 2. The zero-order valence-corrected chi connectivity index (χ0v) is 20.0. The molecule has 3 aromatic rings. The minimum Gasteiger partial charge on any atom is -0.363 e. The molecule has 0 aliphatic carbocycles. The Bertz CT molecular complexity index is 1320. The number of nitrogens with zero attached hydrogens (tertiary/aromatic N) is 4. The van der Waals surface area contributed by atoms with E-state index in [0.29, 0.717) is 36.0 Å². The lowest BCUT2D eigenvalue weighted by molar-refractivity contribution is -0.140. The van der Waals surface area contributed by atoms with Crippen LogP contribution in [0.4, 0.5) is 29.1 Å². The van der Waals surface area contributed by atoms with Crippen molar-refractivity contribution in [3.8, 4) is 0 Å². The van der Waals surface area contributed by atoms with Crippen LogP contribution < -0.4 is 10.2 Å². The molecule has 1 N–H and O–H groups in total. The van der Waals surface area contributed by atoms with Gasteiger partial charge in [-0.05, 0) is 39.1 Å². The lowest BCUT2D eigenvalue weighted by Gasteiger charge is -2.52. The van der Waals surface area contributed by atoms with Gasteiger partial charge in [-0.15, -0.1) is 0 Å². The van der Waals surface area contributed by atoms with Crippen molar-refractivity contribution in [2.75, 3.05) is 30.4 Å². The van der Waals surface area contributed by atoms with Gasteiger partial charge >= 0.3 is 6.18 Å². The van der Waals surface area contributed by atoms with Crippen LogP contribution >= 0.6 is 0 Å². The van der Waals surface area contributed by atoms with E-state index in [4.69, 9.17) is 0 Å². The standard InChI is InChI=1S/C26H25F4N5O/c1-15(18-10-7-11-20(21(18)27)26(28,29)30)31-23-19-12-35(17-8-5-4-6-9-17)24(36)25(13-34(3)14-25)22(19)32-16(2)33-23/h4-11,15H,12-14H2,1-3H3,(H,31,32,33)/t15-/m1/s1. The molecule has 1 amide bonds. The highest BCUT2D eigenvalue weighted by Crippen LogP contribution is 2.44. The highest BCUT2D eigenvalue weighted by molar-refractivity contribution is 6.04. The maximum absolute atomic E-state index is 14.9. The first kappa shape index (κ1) is 24.2. The minimum absolute atomic E-state index is 0.0553. The molecule has 3 heterocycles. The van der Waals surface area contributed by atoms with E-state index in [1.807, 2.05) is 42.3 Å². The van der Waals surface area contributed by atoms with Crippen molar-refractivity contribution in [1.29, 1.82) is 0 Å². The van der Waals surface area contributed by atoms with E-state index >= 15 is 0 Å². The number of hydrogen-bond acceptors (Lipinski definition) is 5. The Labute approximate surface area is 206 Å². The first-order valence-electron chi connectivity index (χ1n) is 11.6. The normalized spacial score (nSPS) is 18.1. The van der Waals surface area contributed by atoms with E-state index < -0.39 is 29.0 Å². The van der Waals surface area contributed by atoms with Crippen molar-refractivity contribution < 1.29 is 22.4 Å². The number of rotatable bonds is 4. The number of amides is 1. The largest absolute Gasteiger partial charge is 0.419 e. The highest BCUT2D eigenvalue weighted by atomic mass is 19.4. The molecule has 1 aromatic heterocycles. The van der Waals surface area contributed by atoms with Gasteiger partial charge < -0.3 is 15.1 Å². The number of likely N-dealkylation sites (tertiary alicyclic amines) is 1. The van der Waals surface area contributed by atoms with Crippen LogP contribution in [-0.2, 0) is 22.9 Å². The van der Waals surface area contributed by atoms with Crippen LogP contribution in [0, 0.1) is 12.7 Å². The van der Waals surface area contributed by atoms with Crippen LogP contribution in [0.3, 0.4) is 0 Å². The Morgan fingerprint density at radius 1 is 1.06 bits per heavy atom. The van der Waals surface area contributed by atoms with Crippen molar-refractivity contribution in [3.63, 3.8) is 0 Å². The van der Waals surface area contributed by atoms with E-state index in [-0.39, 0.29) is 18.0 Å². The quantitative estimate of drug-likeness (QED) is 0.521. The summed E-state index contributed by atoms with van der Waals surface area (Å²) >= 11 is 0. The number of carbonyl (C=O) groups excluding carboxylic acids is 1. The monoisotopic (exact) mass is 499 g/mol. The molecule has 6 nitrogen and oxygen atoms in total. The Morgan fingerprint density at radius 3 is 2.39 bits per heavy atom. The second kappa shape index (κ2) is 8.55. The highest BCUT2D eigenvalue weighted by Gasteiger charge is 2.56. The number of anilines is 2. The predicted octanol–water partition coefficient (Wildman–Crippen LogP) is 4.85. The van der Waals surface area contributed by atoms with Gasteiger partial charge in [-0.1, -0.05) is 30.3 Å². The number of aromatic nitrogens is 2. The van der Waals surface area contributed by atoms with Gasteiger partial charge in [0.1, 0.15) is 22.9 Å². The summed E-state index contributed by atoms with van der Waals surface area (Å²) in [6.07, 6.45) is -4.80. The fraction of sp³-hybridized carbons (Fsp3) is 0.346. The number of para-hydroxylation sites is 1. The maximum atomic E-state index is 14.9. The number of nitrogens with one attached hydrogen (secondary N) is 1. The topological polar surface area (TPSA) is 61.4 Å². The van der Waals surface area contributed by atoms with E-state index in [1.54, 1.807) is 18.7 Å². The summed E-state index contributed by atoms with van der Waals surface area (Å²) < 4.78 is 54.7. The molecular weight excluding hydrogens is 474 g/mol. The van der Waals surface area contributed by atoms with E-state index in [0.717, 1.165) is 11.8 Å². The molecule has 0 unspecified atom stereocenters. The summed E-state index contributed by atoms with van der Waals surface area (Å²) in [6, 6.07) is 11.7. The molecule has 1 saturated heterocycles.